The number of hydrogen-bond acceptors (Lipinski definition) is 3. The molecule has 1 atom stereocenters. The van der Waals surface area contributed by atoms with Crippen molar-refractivity contribution in [2.75, 3.05) is 7.11 Å². The molecule has 0 fully saturated rings. The molecular weight excluding hydrogens is 261 g/mol. The zero-order valence-electron chi connectivity index (χ0n) is 11.8. The largest absolute Gasteiger partial charge is 0.469 e. The van der Waals surface area contributed by atoms with Gasteiger partial charge in [-0.3, -0.25) is 9.59 Å². The first-order chi connectivity index (χ1) is 9.56. The molecule has 110 valence electrons. The van der Waals surface area contributed by atoms with E-state index in [0.29, 0.717) is 18.4 Å². The Balaban J connectivity index is 2.42. The lowest BCUT2D eigenvalue weighted by Crippen LogP contribution is -2.36. The molecule has 1 rings (SSSR count). The topological polar surface area (TPSA) is 55.4 Å². The van der Waals surface area contributed by atoms with Crippen LogP contribution in [-0.2, 0) is 20.7 Å². The average molecular weight is 281 g/mol. The molecule has 0 aliphatic heterocycles. The number of nitrogens with one attached hydrogen (secondary N) is 1. The Morgan fingerprint density at radius 2 is 2.05 bits per heavy atom. The van der Waals surface area contributed by atoms with Gasteiger partial charge in [0, 0.05) is 12.5 Å². The van der Waals surface area contributed by atoms with E-state index in [9.17, 15) is 14.0 Å². The maximum Gasteiger partial charge on any atom is 0.307 e. The molecule has 1 aromatic rings. The second-order valence-electron chi connectivity index (χ2n) is 4.54. The Bertz CT molecular complexity index is 462. The molecule has 0 aliphatic carbocycles. The van der Waals surface area contributed by atoms with Crippen LogP contribution in [-0.4, -0.2) is 25.0 Å². The van der Waals surface area contributed by atoms with Gasteiger partial charge in [0.1, 0.15) is 5.82 Å². The number of carbonyl (C=O) groups is 2. The zero-order chi connectivity index (χ0) is 15.0. The Labute approximate surface area is 118 Å². The number of methoxy groups -OCH3 is 1. The van der Waals surface area contributed by atoms with Gasteiger partial charge in [-0.25, -0.2) is 4.39 Å². The summed E-state index contributed by atoms with van der Waals surface area (Å²) < 4.78 is 18.0. The molecule has 0 spiro atoms. The van der Waals surface area contributed by atoms with Crippen LogP contribution in [0.2, 0.25) is 0 Å². The van der Waals surface area contributed by atoms with Gasteiger partial charge >= 0.3 is 5.97 Å². The van der Waals surface area contributed by atoms with Crippen LogP contribution >= 0.6 is 0 Å². The molecule has 1 N–H and O–H groups in total. The minimum absolute atomic E-state index is 0.151. The summed E-state index contributed by atoms with van der Waals surface area (Å²) in [6.45, 7) is 1.88. The number of esters is 1. The monoisotopic (exact) mass is 281 g/mol. The molecule has 0 aromatic heterocycles. The lowest BCUT2D eigenvalue weighted by atomic mass is 10.1. The fourth-order valence-corrected chi connectivity index (χ4v) is 1.83. The van der Waals surface area contributed by atoms with Crippen molar-refractivity contribution in [3.8, 4) is 0 Å². The fourth-order valence-electron chi connectivity index (χ4n) is 1.83. The average Bonchev–Trinajstić information content (AvgIpc) is 2.45. The molecule has 0 bridgehead atoms. The SMILES string of the molecule is CCC(CC(=O)OC)NC(=O)CCc1ccccc1F. The molecule has 0 saturated carbocycles. The second-order valence-corrected chi connectivity index (χ2v) is 4.54. The van der Waals surface area contributed by atoms with E-state index in [1.165, 1.54) is 13.2 Å². The number of ether oxygens (including phenoxy) is 1. The number of carbonyl (C=O) groups excluding carboxylic acids is 2. The van der Waals surface area contributed by atoms with E-state index in [4.69, 9.17) is 0 Å². The van der Waals surface area contributed by atoms with Crippen LogP contribution < -0.4 is 5.32 Å². The third kappa shape index (κ3) is 5.38. The summed E-state index contributed by atoms with van der Waals surface area (Å²) >= 11 is 0. The molecule has 0 saturated heterocycles. The highest BCUT2D eigenvalue weighted by Gasteiger charge is 2.15. The van der Waals surface area contributed by atoms with E-state index in [1.807, 2.05) is 6.92 Å². The van der Waals surface area contributed by atoms with E-state index >= 15 is 0 Å². The number of rotatable bonds is 7. The maximum absolute atomic E-state index is 13.4. The molecule has 0 aliphatic rings. The first kappa shape index (κ1) is 16.1. The van der Waals surface area contributed by atoms with Crippen LogP contribution in [0, 0.1) is 5.82 Å². The van der Waals surface area contributed by atoms with Crippen molar-refractivity contribution in [3.05, 3.63) is 35.6 Å². The third-order valence-corrected chi connectivity index (χ3v) is 3.08. The van der Waals surface area contributed by atoms with Crippen LogP contribution in [0.1, 0.15) is 31.7 Å². The zero-order valence-corrected chi connectivity index (χ0v) is 11.8. The highest BCUT2D eigenvalue weighted by Crippen LogP contribution is 2.09. The summed E-state index contributed by atoms with van der Waals surface area (Å²) in [5.74, 6) is -0.850. The second kappa shape index (κ2) is 8.30. The van der Waals surface area contributed by atoms with E-state index in [-0.39, 0.29) is 36.6 Å². The van der Waals surface area contributed by atoms with E-state index < -0.39 is 0 Å². The molecule has 20 heavy (non-hydrogen) atoms. The lowest BCUT2D eigenvalue weighted by molar-refractivity contribution is -0.141. The van der Waals surface area contributed by atoms with Crippen LogP contribution in [0.5, 0.6) is 0 Å². The molecule has 0 radical (unpaired) electrons. The number of benzene rings is 1. The van der Waals surface area contributed by atoms with E-state index in [0.717, 1.165) is 0 Å². The molecule has 4 nitrogen and oxygen atoms in total. The normalized spacial score (nSPS) is 11.8. The summed E-state index contributed by atoms with van der Waals surface area (Å²) in [5, 5.41) is 2.76. The minimum atomic E-state index is -0.355. The predicted octanol–water partition coefficient (Wildman–Crippen LogP) is 2.22. The highest BCUT2D eigenvalue weighted by molar-refractivity contribution is 5.77. The molecule has 1 unspecified atom stereocenters. The number of hydrogen-bond donors (Lipinski definition) is 1. The number of halogens is 1. The van der Waals surface area contributed by atoms with Gasteiger partial charge < -0.3 is 10.1 Å². The smallest absolute Gasteiger partial charge is 0.307 e. The van der Waals surface area contributed by atoms with Gasteiger partial charge in [-0.2, -0.15) is 0 Å². The highest BCUT2D eigenvalue weighted by atomic mass is 19.1. The van der Waals surface area contributed by atoms with E-state index in [2.05, 4.69) is 10.1 Å². The summed E-state index contributed by atoms with van der Waals surface area (Å²) in [6.07, 6.45) is 1.32. The number of aryl methyl sites for hydroxylation is 1. The van der Waals surface area contributed by atoms with Crippen molar-refractivity contribution in [1.82, 2.24) is 5.32 Å². The molecule has 1 aromatic carbocycles. The molecular formula is C15H20FNO3. The van der Waals surface area contributed by atoms with Crippen molar-refractivity contribution < 1.29 is 18.7 Å². The summed E-state index contributed by atoms with van der Waals surface area (Å²) in [5.41, 5.74) is 0.517. The van der Waals surface area contributed by atoms with Crippen molar-refractivity contribution in [1.29, 1.82) is 0 Å². The fraction of sp³-hybridized carbons (Fsp3) is 0.467. The van der Waals surface area contributed by atoms with Crippen molar-refractivity contribution in [2.45, 2.75) is 38.6 Å². The van der Waals surface area contributed by atoms with Crippen molar-refractivity contribution >= 4 is 11.9 Å². The van der Waals surface area contributed by atoms with Crippen LogP contribution in [0.15, 0.2) is 24.3 Å². The molecule has 5 heteroatoms. The Morgan fingerprint density at radius 1 is 1.35 bits per heavy atom. The van der Waals surface area contributed by atoms with Crippen molar-refractivity contribution in [2.24, 2.45) is 0 Å². The Morgan fingerprint density at radius 3 is 2.65 bits per heavy atom. The van der Waals surface area contributed by atoms with Crippen LogP contribution in [0.4, 0.5) is 4.39 Å². The van der Waals surface area contributed by atoms with Gasteiger partial charge in [-0.05, 0) is 24.5 Å². The van der Waals surface area contributed by atoms with Gasteiger partial charge in [0.05, 0.1) is 13.5 Å². The third-order valence-electron chi connectivity index (χ3n) is 3.08. The van der Waals surface area contributed by atoms with Crippen LogP contribution in [0.25, 0.3) is 0 Å². The van der Waals surface area contributed by atoms with Crippen molar-refractivity contribution in [3.63, 3.8) is 0 Å². The molecule has 1 amide bonds. The Kier molecular flexibility index (Phi) is 6.70. The Hall–Kier alpha value is -1.91. The van der Waals surface area contributed by atoms with Gasteiger partial charge in [0.25, 0.3) is 0 Å². The molecule has 0 heterocycles. The summed E-state index contributed by atoms with van der Waals surface area (Å²) in [7, 11) is 1.31. The minimum Gasteiger partial charge on any atom is -0.469 e. The lowest BCUT2D eigenvalue weighted by Gasteiger charge is -2.15. The van der Waals surface area contributed by atoms with E-state index in [1.54, 1.807) is 18.2 Å². The van der Waals surface area contributed by atoms with Gasteiger partial charge in [-0.15, -0.1) is 0 Å². The predicted molar refractivity (Wildman–Crippen MR) is 73.6 cm³/mol. The van der Waals surface area contributed by atoms with Gasteiger partial charge in [0.2, 0.25) is 5.91 Å². The van der Waals surface area contributed by atoms with Gasteiger partial charge in [-0.1, -0.05) is 25.1 Å². The quantitative estimate of drug-likeness (QED) is 0.780. The van der Waals surface area contributed by atoms with Crippen LogP contribution in [0.3, 0.4) is 0 Å². The summed E-state index contributed by atoms with van der Waals surface area (Å²) in [6, 6.07) is 6.15. The first-order valence-corrected chi connectivity index (χ1v) is 6.66. The maximum atomic E-state index is 13.4. The summed E-state index contributed by atoms with van der Waals surface area (Å²) in [4.78, 5) is 22.9. The number of amides is 1. The standard InChI is InChI=1S/C15H20FNO3/c1-3-12(10-15(19)20-2)17-14(18)9-8-11-6-4-5-7-13(11)16/h4-7,12H,3,8-10H2,1-2H3,(H,17,18). The van der Waals surface area contributed by atoms with Gasteiger partial charge in [0.15, 0.2) is 0 Å². The first-order valence-electron chi connectivity index (χ1n) is 6.66.